The van der Waals surface area contributed by atoms with Gasteiger partial charge < -0.3 is 5.32 Å². The first-order chi connectivity index (χ1) is 16.1. The molecule has 33 heavy (non-hydrogen) atoms. The Kier molecular flexibility index (Phi) is 5.84. The van der Waals surface area contributed by atoms with Gasteiger partial charge in [-0.3, -0.25) is 4.79 Å². The lowest BCUT2D eigenvalue weighted by Crippen LogP contribution is -2.14. The van der Waals surface area contributed by atoms with E-state index in [2.05, 4.69) is 25.4 Å². The second-order valence-electron chi connectivity index (χ2n) is 7.12. The molecule has 5 aromatic rings. The number of nitrogens with one attached hydrogen (secondary N) is 1. The molecule has 0 aliphatic heterocycles. The number of thiazole rings is 1. The maximum atomic E-state index is 13.2. The Bertz CT molecular complexity index is 1450. The normalized spacial score (nSPS) is 11.1. The summed E-state index contributed by atoms with van der Waals surface area (Å²) < 4.78 is 14.9. The predicted octanol–water partition coefficient (Wildman–Crippen LogP) is 5.12. The summed E-state index contributed by atoms with van der Waals surface area (Å²) in [6.45, 7) is 1.96. The predicted molar refractivity (Wildman–Crippen MR) is 128 cm³/mol. The van der Waals surface area contributed by atoms with Gasteiger partial charge in [0.2, 0.25) is 5.91 Å². The molecule has 5 rings (SSSR count). The molecule has 0 aliphatic rings. The SMILES string of the molecule is Cc1nc(-c2cccc(NC(=O)CSc3ncnc4c3cnn4-c3ccc(F)cc3)c2)cs1. The molecule has 2 aromatic carbocycles. The second-order valence-corrected chi connectivity index (χ2v) is 9.14. The third kappa shape index (κ3) is 4.62. The van der Waals surface area contributed by atoms with Crippen molar-refractivity contribution in [2.45, 2.75) is 11.9 Å². The number of carbonyl (C=O) groups is 1. The quantitative estimate of drug-likeness (QED) is 0.271. The number of aryl methyl sites for hydroxylation is 1. The van der Waals surface area contributed by atoms with E-state index in [4.69, 9.17) is 0 Å². The minimum atomic E-state index is -0.320. The highest BCUT2D eigenvalue weighted by Crippen LogP contribution is 2.27. The van der Waals surface area contributed by atoms with Crippen molar-refractivity contribution >= 4 is 45.7 Å². The molecule has 0 spiro atoms. The highest BCUT2D eigenvalue weighted by molar-refractivity contribution is 8.00. The number of hydrogen-bond donors (Lipinski definition) is 1. The smallest absolute Gasteiger partial charge is 0.234 e. The topological polar surface area (TPSA) is 85.6 Å². The highest BCUT2D eigenvalue weighted by atomic mass is 32.2. The van der Waals surface area contributed by atoms with E-state index in [1.807, 2.05) is 36.6 Å². The zero-order valence-electron chi connectivity index (χ0n) is 17.4. The zero-order valence-corrected chi connectivity index (χ0v) is 19.0. The van der Waals surface area contributed by atoms with Gasteiger partial charge in [0.15, 0.2) is 5.65 Å². The second kappa shape index (κ2) is 9.08. The van der Waals surface area contributed by atoms with Crippen LogP contribution in [0.2, 0.25) is 0 Å². The molecule has 3 heterocycles. The Hall–Kier alpha value is -3.63. The summed E-state index contributed by atoms with van der Waals surface area (Å²) in [4.78, 5) is 25.7. The van der Waals surface area contributed by atoms with Gasteiger partial charge in [0.1, 0.15) is 17.2 Å². The number of fused-ring (bicyclic) bond motifs is 1. The van der Waals surface area contributed by atoms with E-state index in [-0.39, 0.29) is 17.5 Å². The van der Waals surface area contributed by atoms with Crippen molar-refractivity contribution < 1.29 is 9.18 Å². The number of rotatable bonds is 6. The highest BCUT2D eigenvalue weighted by Gasteiger charge is 2.13. The molecular formula is C23H17FN6OS2. The van der Waals surface area contributed by atoms with Gasteiger partial charge >= 0.3 is 0 Å². The number of benzene rings is 2. The Morgan fingerprint density at radius 3 is 2.82 bits per heavy atom. The van der Waals surface area contributed by atoms with Gasteiger partial charge in [-0.05, 0) is 43.3 Å². The van der Waals surface area contributed by atoms with E-state index >= 15 is 0 Å². The summed E-state index contributed by atoms with van der Waals surface area (Å²) in [5.74, 6) is -0.294. The van der Waals surface area contributed by atoms with Crippen LogP contribution in [-0.2, 0) is 4.79 Å². The van der Waals surface area contributed by atoms with Gasteiger partial charge in [0.05, 0.1) is 33.7 Å². The van der Waals surface area contributed by atoms with Gasteiger partial charge in [-0.2, -0.15) is 5.10 Å². The van der Waals surface area contributed by atoms with Gasteiger partial charge in [-0.15, -0.1) is 11.3 Å². The third-order valence-electron chi connectivity index (χ3n) is 4.80. The lowest BCUT2D eigenvalue weighted by Gasteiger charge is -2.07. The van der Waals surface area contributed by atoms with Crippen LogP contribution in [0, 0.1) is 12.7 Å². The fourth-order valence-electron chi connectivity index (χ4n) is 3.29. The molecule has 1 amide bonds. The molecule has 10 heteroatoms. The Morgan fingerprint density at radius 1 is 1.18 bits per heavy atom. The van der Waals surface area contributed by atoms with Gasteiger partial charge in [-0.25, -0.2) is 24.0 Å². The van der Waals surface area contributed by atoms with Crippen molar-refractivity contribution in [3.05, 3.63) is 77.3 Å². The van der Waals surface area contributed by atoms with Gasteiger partial charge in [0.25, 0.3) is 0 Å². The largest absolute Gasteiger partial charge is 0.325 e. The molecule has 0 fully saturated rings. The Morgan fingerprint density at radius 2 is 2.03 bits per heavy atom. The van der Waals surface area contributed by atoms with Crippen molar-refractivity contribution in [3.8, 4) is 16.9 Å². The number of nitrogens with zero attached hydrogens (tertiary/aromatic N) is 5. The van der Waals surface area contributed by atoms with E-state index in [1.54, 1.807) is 34.3 Å². The van der Waals surface area contributed by atoms with Crippen molar-refractivity contribution in [1.29, 1.82) is 0 Å². The molecule has 0 aliphatic carbocycles. The molecule has 0 saturated heterocycles. The first-order valence-electron chi connectivity index (χ1n) is 9.97. The van der Waals surface area contributed by atoms with Crippen LogP contribution in [0.3, 0.4) is 0 Å². The summed E-state index contributed by atoms with van der Waals surface area (Å²) in [6.07, 6.45) is 3.09. The summed E-state index contributed by atoms with van der Waals surface area (Å²) >= 11 is 2.89. The average Bonchev–Trinajstić information content (AvgIpc) is 3.45. The van der Waals surface area contributed by atoms with E-state index in [0.29, 0.717) is 22.0 Å². The first kappa shape index (κ1) is 21.2. The number of thioether (sulfide) groups is 1. The molecule has 1 N–H and O–H groups in total. The third-order valence-corrected chi connectivity index (χ3v) is 6.58. The molecule has 164 valence electrons. The van der Waals surface area contributed by atoms with Crippen LogP contribution in [0.1, 0.15) is 5.01 Å². The average molecular weight is 477 g/mol. The van der Waals surface area contributed by atoms with Crippen LogP contribution in [0.15, 0.2) is 71.5 Å². The van der Waals surface area contributed by atoms with Crippen molar-refractivity contribution in [1.82, 2.24) is 24.7 Å². The van der Waals surface area contributed by atoms with Crippen LogP contribution >= 0.6 is 23.1 Å². The number of anilines is 1. The van der Waals surface area contributed by atoms with Crippen LogP contribution in [-0.4, -0.2) is 36.4 Å². The lowest BCUT2D eigenvalue weighted by molar-refractivity contribution is -0.113. The maximum Gasteiger partial charge on any atom is 0.234 e. The summed E-state index contributed by atoms with van der Waals surface area (Å²) in [7, 11) is 0. The number of aromatic nitrogens is 5. The van der Waals surface area contributed by atoms with Crippen molar-refractivity contribution in [3.63, 3.8) is 0 Å². The molecule has 0 saturated carbocycles. The van der Waals surface area contributed by atoms with E-state index in [9.17, 15) is 9.18 Å². The standard InChI is InChI=1S/C23H17FN6OS2/c1-14-28-20(11-32-14)15-3-2-4-17(9-15)29-21(31)12-33-23-19-10-27-30(22(19)25-13-26-23)18-7-5-16(24)6-8-18/h2-11,13H,12H2,1H3,(H,29,31). The van der Waals surface area contributed by atoms with Gasteiger partial charge in [-0.1, -0.05) is 23.9 Å². The summed E-state index contributed by atoms with van der Waals surface area (Å²) in [6, 6.07) is 13.6. The Labute approximate surface area is 196 Å². The molecule has 0 radical (unpaired) electrons. The molecule has 3 aromatic heterocycles. The van der Waals surface area contributed by atoms with Crippen LogP contribution in [0.25, 0.3) is 28.0 Å². The molecule has 0 atom stereocenters. The minimum Gasteiger partial charge on any atom is -0.325 e. The molecule has 0 bridgehead atoms. The molecular weight excluding hydrogens is 459 g/mol. The van der Waals surface area contributed by atoms with Crippen molar-refractivity contribution in [2.24, 2.45) is 0 Å². The lowest BCUT2D eigenvalue weighted by atomic mass is 10.1. The number of halogens is 1. The summed E-state index contributed by atoms with van der Waals surface area (Å²) in [5, 5.41) is 11.7. The molecule has 7 nitrogen and oxygen atoms in total. The van der Waals surface area contributed by atoms with E-state index in [0.717, 1.165) is 21.7 Å². The fraction of sp³-hybridized carbons (Fsp3) is 0.0870. The van der Waals surface area contributed by atoms with E-state index in [1.165, 1.54) is 30.2 Å². The first-order valence-corrected chi connectivity index (χ1v) is 11.8. The molecule has 0 unspecified atom stereocenters. The van der Waals surface area contributed by atoms with Gasteiger partial charge in [0, 0.05) is 16.6 Å². The van der Waals surface area contributed by atoms with Crippen LogP contribution in [0.5, 0.6) is 0 Å². The minimum absolute atomic E-state index is 0.149. The fourth-order valence-corrected chi connectivity index (χ4v) is 4.68. The van der Waals surface area contributed by atoms with Crippen LogP contribution < -0.4 is 5.32 Å². The maximum absolute atomic E-state index is 13.2. The van der Waals surface area contributed by atoms with E-state index < -0.39 is 0 Å². The Balaban J connectivity index is 1.29. The monoisotopic (exact) mass is 476 g/mol. The number of hydrogen-bond acceptors (Lipinski definition) is 7. The number of carbonyl (C=O) groups excluding carboxylic acids is 1. The zero-order chi connectivity index (χ0) is 22.8. The van der Waals surface area contributed by atoms with Crippen molar-refractivity contribution in [2.75, 3.05) is 11.1 Å². The van der Waals surface area contributed by atoms with Crippen LogP contribution in [0.4, 0.5) is 10.1 Å². The summed E-state index contributed by atoms with van der Waals surface area (Å²) in [5.41, 5.74) is 3.83. The number of amides is 1.